The van der Waals surface area contributed by atoms with Crippen LogP contribution in [0.3, 0.4) is 0 Å². The second-order valence-corrected chi connectivity index (χ2v) is 4.48. The van der Waals surface area contributed by atoms with Crippen LogP contribution in [-0.4, -0.2) is 15.9 Å². The lowest BCUT2D eigenvalue weighted by Gasteiger charge is -2.17. The van der Waals surface area contributed by atoms with Gasteiger partial charge in [0.15, 0.2) is 5.82 Å². The van der Waals surface area contributed by atoms with Crippen LogP contribution in [0.25, 0.3) is 0 Å². The number of rotatable bonds is 3. The first-order chi connectivity index (χ1) is 8.70. The summed E-state index contributed by atoms with van der Waals surface area (Å²) >= 11 is 0. The minimum Gasteiger partial charge on any atom is -0.341 e. The Balaban J connectivity index is 1.80. The summed E-state index contributed by atoms with van der Waals surface area (Å²) in [7, 11) is 0. The van der Waals surface area contributed by atoms with Gasteiger partial charge in [-0.15, -0.1) is 0 Å². The molecule has 4 nitrogen and oxygen atoms in total. The highest BCUT2D eigenvalue weighted by molar-refractivity contribution is 5.91. The summed E-state index contributed by atoms with van der Waals surface area (Å²) in [6, 6.07) is 6.25. The van der Waals surface area contributed by atoms with E-state index in [0.29, 0.717) is 5.82 Å². The highest BCUT2D eigenvalue weighted by atomic mass is 19.1. The van der Waals surface area contributed by atoms with Crippen LogP contribution in [0.5, 0.6) is 0 Å². The molecular formula is C13H12FN3O. The second kappa shape index (κ2) is 3.94. The van der Waals surface area contributed by atoms with E-state index in [9.17, 15) is 9.18 Å². The van der Waals surface area contributed by atoms with Gasteiger partial charge in [0.2, 0.25) is 0 Å². The number of hydrogen-bond acceptors (Lipinski definition) is 2. The molecule has 0 spiro atoms. The van der Waals surface area contributed by atoms with Crippen LogP contribution in [0.4, 0.5) is 4.39 Å². The van der Waals surface area contributed by atoms with Gasteiger partial charge in [0.05, 0.1) is 5.54 Å². The van der Waals surface area contributed by atoms with Crippen LogP contribution in [-0.2, 0) is 5.54 Å². The largest absolute Gasteiger partial charge is 0.341 e. The minimum absolute atomic E-state index is 0.234. The smallest absolute Gasteiger partial charge is 0.287 e. The number of carbonyl (C=O) groups is 1. The van der Waals surface area contributed by atoms with Crippen molar-refractivity contribution in [3.63, 3.8) is 0 Å². The van der Waals surface area contributed by atoms with E-state index in [0.717, 1.165) is 18.4 Å². The fourth-order valence-electron chi connectivity index (χ4n) is 2.05. The number of nitrogens with one attached hydrogen (secondary N) is 2. The summed E-state index contributed by atoms with van der Waals surface area (Å²) in [5.41, 5.74) is 0.584. The van der Waals surface area contributed by atoms with E-state index in [1.54, 1.807) is 18.3 Å². The molecule has 1 aliphatic carbocycles. The molecule has 0 aliphatic heterocycles. The van der Waals surface area contributed by atoms with E-state index in [-0.39, 0.29) is 17.3 Å². The number of nitrogens with zero attached hydrogens (tertiary/aromatic N) is 1. The number of imidazole rings is 1. The van der Waals surface area contributed by atoms with Crippen LogP contribution < -0.4 is 5.32 Å². The number of halogens is 1. The molecule has 5 heteroatoms. The van der Waals surface area contributed by atoms with Crippen LogP contribution in [0, 0.1) is 5.82 Å². The maximum atomic E-state index is 12.9. The van der Waals surface area contributed by atoms with Gasteiger partial charge >= 0.3 is 0 Å². The summed E-state index contributed by atoms with van der Waals surface area (Å²) < 4.78 is 12.9. The van der Waals surface area contributed by atoms with Crippen molar-refractivity contribution >= 4 is 5.91 Å². The van der Waals surface area contributed by atoms with E-state index in [1.807, 2.05) is 0 Å². The number of benzene rings is 1. The quantitative estimate of drug-likeness (QED) is 0.868. The van der Waals surface area contributed by atoms with Crippen LogP contribution in [0.2, 0.25) is 0 Å². The summed E-state index contributed by atoms with van der Waals surface area (Å²) in [6.07, 6.45) is 4.87. The summed E-state index contributed by atoms with van der Waals surface area (Å²) in [5.74, 6) is -0.211. The van der Waals surface area contributed by atoms with Gasteiger partial charge in [-0.05, 0) is 30.5 Å². The van der Waals surface area contributed by atoms with Crippen molar-refractivity contribution in [2.24, 2.45) is 0 Å². The van der Waals surface area contributed by atoms with Crippen molar-refractivity contribution in [2.75, 3.05) is 0 Å². The summed E-state index contributed by atoms with van der Waals surface area (Å²) in [4.78, 5) is 18.6. The number of carbonyl (C=O) groups excluding carboxylic acids is 1. The Hall–Kier alpha value is -2.17. The fraction of sp³-hybridized carbons (Fsp3) is 0.231. The molecule has 18 heavy (non-hydrogen) atoms. The normalized spacial score (nSPS) is 16.3. The van der Waals surface area contributed by atoms with Gasteiger partial charge in [-0.25, -0.2) is 9.37 Å². The molecule has 1 saturated carbocycles. The van der Waals surface area contributed by atoms with E-state index < -0.39 is 0 Å². The predicted molar refractivity (Wildman–Crippen MR) is 63.4 cm³/mol. The van der Waals surface area contributed by atoms with Crippen molar-refractivity contribution in [1.29, 1.82) is 0 Å². The van der Waals surface area contributed by atoms with Crippen LogP contribution in [0.1, 0.15) is 29.0 Å². The van der Waals surface area contributed by atoms with Gasteiger partial charge in [-0.1, -0.05) is 12.1 Å². The standard InChI is InChI=1S/C13H12FN3O/c14-10-3-1-9(2-4-10)13(5-6-13)17-12(18)11-15-7-8-16-11/h1-4,7-8H,5-6H2,(H,15,16)(H,17,18). The lowest BCUT2D eigenvalue weighted by molar-refractivity contribution is 0.0921. The molecule has 92 valence electrons. The molecule has 1 amide bonds. The third-order valence-corrected chi connectivity index (χ3v) is 3.21. The van der Waals surface area contributed by atoms with E-state index in [2.05, 4.69) is 15.3 Å². The molecule has 1 aromatic heterocycles. The molecule has 3 rings (SSSR count). The molecular weight excluding hydrogens is 233 g/mol. The van der Waals surface area contributed by atoms with Gasteiger partial charge in [-0.3, -0.25) is 4.79 Å². The Labute approximate surface area is 103 Å². The minimum atomic E-state index is -0.350. The number of amides is 1. The summed E-state index contributed by atoms with van der Waals surface area (Å²) in [5, 5.41) is 2.95. The third kappa shape index (κ3) is 1.88. The Morgan fingerprint density at radius 1 is 1.33 bits per heavy atom. The molecule has 0 bridgehead atoms. The SMILES string of the molecule is O=C(NC1(c2ccc(F)cc2)CC1)c1ncc[nH]1. The molecule has 0 unspecified atom stereocenters. The average molecular weight is 245 g/mol. The molecule has 2 aromatic rings. The maximum absolute atomic E-state index is 12.9. The van der Waals surface area contributed by atoms with Crippen molar-refractivity contribution in [3.8, 4) is 0 Å². The van der Waals surface area contributed by atoms with Gasteiger partial charge < -0.3 is 10.3 Å². The molecule has 2 N–H and O–H groups in total. The Bertz CT molecular complexity index is 558. The highest BCUT2D eigenvalue weighted by Gasteiger charge is 2.46. The summed E-state index contributed by atoms with van der Waals surface area (Å²) in [6.45, 7) is 0. The predicted octanol–water partition coefficient (Wildman–Crippen LogP) is 1.97. The lowest BCUT2D eigenvalue weighted by Crippen LogP contribution is -2.35. The van der Waals surface area contributed by atoms with Crippen LogP contribution in [0.15, 0.2) is 36.7 Å². The zero-order chi connectivity index (χ0) is 12.6. The van der Waals surface area contributed by atoms with Crippen molar-refractivity contribution in [2.45, 2.75) is 18.4 Å². The molecule has 0 atom stereocenters. The molecule has 0 radical (unpaired) electrons. The average Bonchev–Trinajstić information content (AvgIpc) is 2.94. The van der Waals surface area contributed by atoms with Crippen molar-refractivity contribution in [3.05, 3.63) is 53.9 Å². The first kappa shape index (κ1) is 11.0. The van der Waals surface area contributed by atoms with Gasteiger partial charge in [0.1, 0.15) is 5.82 Å². The molecule has 1 fully saturated rings. The van der Waals surface area contributed by atoms with E-state index in [4.69, 9.17) is 0 Å². The maximum Gasteiger partial charge on any atom is 0.287 e. The number of aromatic amines is 1. The first-order valence-corrected chi connectivity index (χ1v) is 5.78. The molecule has 0 saturated heterocycles. The Kier molecular flexibility index (Phi) is 2.40. The number of H-pyrrole nitrogens is 1. The van der Waals surface area contributed by atoms with Crippen LogP contribution >= 0.6 is 0 Å². The van der Waals surface area contributed by atoms with Gasteiger partial charge in [0, 0.05) is 12.4 Å². The third-order valence-electron chi connectivity index (χ3n) is 3.21. The van der Waals surface area contributed by atoms with Gasteiger partial charge in [-0.2, -0.15) is 0 Å². The van der Waals surface area contributed by atoms with Crippen molar-refractivity contribution in [1.82, 2.24) is 15.3 Å². The zero-order valence-electron chi connectivity index (χ0n) is 9.61. The molecule has 1 heterocycles. The van der Waals surface area contributed by atoms with E-state index >= 15 is 0 Å². The zero-order valence-corrected chi connectivity index (χ0v) is 9.61. The lowest BCUT2D eigenvalue weighted by atomic mass is 10.0. The monoisotopic (exact) mass is 245 g/mol. The number of hydrogen-bond donors (Lipinski definition) is 2. The molecule has 1 aliphatic rings. The highest BCUT2D eigenvalue weighted by Crippen LogP contribution is 2.45. The topological polar surface area (TPSA) is 57.8 Å². The van der Waals surface area contributed by atoms with E-state index in [1.165, 1.54) is 18.3 Å². The Morgan fingerprint density at radius 2 is 2.06 bits per heavy atom. The fourth-order valence-corrected chi connectivity index (χ4v) is 2.05. The van der Waals surface area contributed by atoms with Gasteiger partial charge in [0.25, 0.3) is 5.91 Å². The molecule has 1 aromatic carbocycles. The van der Waals surface area contributed by atoms with Crippen molar-refractivity contribution < 1.29 is 9.18 Å². The number of aromatic nitrogens is 2. The Morgan fingerprint density at radius 3 is 2.61 bits per heavy atom. The second-order valence-electron chi connectivity index (χ2n) is 4.48. The first-order valence-electron chi connectivity index (χ1n) is 5.78.